The van der Waals surface area contributed by atoms with Gasteiger partial charge in [0.15, 0.2) is 0 Å². The number of fused-ring (bicyclic) bond motifs is 1. The van der Waals surface area contributed by atoms with Crippen molar-refractivity contribution in [2.75, 3.05) is 0 Å². The van der Waals surface area contributed by atoms with Crippen LogP contribution in [0.5, 0.6) is 5.75 Å². The maximum atomic E-state index is 12.5. The van der Waals surface area contributed by atoms with Crippen LogP contribution in [0.15, 0.2) is 164 Å². The molecule has 0 saturated heterocycles. The Morgan fingerprint density at radius 1 is 0.524 bits per heavy atom. The molecule has 0 amide bonds. The van der Waals surface area contributed by atoms with Crippen LogP contribution in [0.3, 0.4) is 0 Å². The van der Waals surface area contributed by atoms with Gasteiger partial charge in [-0.1, -0.05) is 185 Å². The van der Waals surface area contributed by atoms with Crippen molar-refractivity contribution in [1.29, 1.82) is 0 Å². The van der Waals surface area contributed by atoms with Crippen molar-refractivity contribution in [3.05, 3.63) is 192 Å². The number of hydrogen-bond donors (Lipinski definition) is 1. The topological polar surface area (TPSA) is 50.9 Å². The Bertz CT molecular complexity index is 3100. The molecule has 0 unspecified atom stereocenters. The van der Waals surface area contributed by atoms with E-state index >= 15 is 0 Å². The van der Waals surface area contributed by atoms with Crippen LogP contribution in [0.1, 0.15) is 63.8 Å². The van der Waals surface area contributed by atoms with E-state index in [1.54, 1.807) is 0 Å². The van der Waals surface area contributed by atoms with E-state index in [2.05, 4.69) is 218 Å². The number of aromatic hydroxyl groups is 1. The molecule has 0 aliphatic carbocycles. The summed E-state index contributed by atoms with van der Waals surface area (Å²) in [6.07, 6.45) is 1.89. The fourth-order valence-corrected chi connectivity index (χ4v) is 8.40. The van der Waals surface area contributed by atoms with Crippen molar-refractivity contribution in [2.45, 2.75) is 66.2 Å². The molecule has 2 heterocycles. The van der Waals surface area contributed by atoms with Crippen molar-refractivity contribution < 1.29 is 26.2 Å². The summed E-state index contributed by atoms with van der Waals surface area (Å²) in [6, 6.07) is 59.4. The zero-order valence-corrected chi connectivity index (χ0v) is 39.5. The van der Waals surface area contributed by atoms with E-state index in [4.69, 9.17) is 9.97 Å². The molecule has 0 fully saturated rings. The van der Waals surface area contributed by atoms with Crippen LogP contribution in [0.25, 0.3) is 83.9 Å². The van der Waals surface area contributed by atoms with Gasteiger partial charge in [0.2, 0.25) is 0 Å². The Balaban J connectivity index is 0.00000544. The van der Waals surface area contributed by atoms with Crippen LogP contribution in [0.4, 0.5) is 0 Å². The van der Waals surface area contributed by atoms with Gasteiger partial charge in [0, 0.05) is 44.1 Å². The van der Waals surface area contributed by atoms with Crippen LogP contribution in [0.2, 0.25) is 0 Å². The normalized spacial score (nSPS) is 11.7. The minimum atomic E-state index is -0.324. The summed E-state index contributed by atoms with van der Waals surface area (Å²) in [4.78, 5) is 10.5. The summed E-state index contributed by atoms with van der Waals surface area (Å²) in [5.74, 6) is 0.922. The Labute approximate surface area is 386 Å². The smallest absolute Gasteiger partial charge is 0.148 e. The van der Waals surface area contributed by atoms with Crippen LogP contribution in [0, 0.1) is 19.9 Å². The number of pyridine rings is 1. The second kappa shape index (κ2) is 17.1. The van der Waals surface area contributed by atoms with Gasteiger partial charge in [-0.25, -0.2) is 4.98 Å². The zero-order chi connectivity index (χ0) is 43.3. The first-order valence-corrected chi connectivity index (χ1v) is 21.5. The molecule has 1 N–H and O–H groups in total. The standard InChI is InChI=1S/C58H52N3O.Pt/c1-37-22-25-40(26-23-37)42-28-29-59-51(34-42)45-32-43(39-16-11-9-12-17-39)31-44(33-45)47-20-15-21-53-54(47)60-56(49-35-46(57(3,4)5)36-50(55(49)62)58(6,7)8)61(53)52-27-24-38(2)30-48(52)41-18-13-10-14-19-41;/h9-32,34-36,62H,1-8H3;/q-1;. The van der Waals surface area contributed by atoms with Crippen molar-refractivity contribution in [1.82, 2.24) is 14.5 Å². The number of nitrogens with zero attached hydrogens (tertiary/aromatic N) is 3. The van der Waals surface area contributed by atoms with E-state index in [1.165, 1.54) is 5.56 Å². The van der Waals surface area contributed by atoms with Gasteiger partial charge in [-0.15, -0.1) is 23.8 Å². The molecule has 63 heavy (non-hydrogen) atoms. The van der Waals surface area contributed by atoms with Gasteiger partial charge in [0.25, 0.3) is 0 Å². The average molecular weight is 1000 g/mol. The SMILES string of the molecule is Cc1ccc(-c2ccnc(-c3[c-]c(-c4cccc5c4nc(-c4cc(C(C)(C)C)cc(C(C)(C)C)c4O)n5-c4ccc(C)cc4-c4ccccc4)cc(-c4ccccc4)c3)c2)cc1.[Pt]. The van der Waals surface area contributed by atoms with Crippen molar-refractivity contribution >= 4 is 11.0 Å². The summed E-state index contributed by atoms with van der Waals surface area (Å²) < 4.78 is 2.25. The molecular weight excluding hydrogens is 950 g/mol. The second-order valence-corrected chi connectivity index (χ2v) is 18.6. The van der Waals surface area contributed by atoms with Crippen molar-refractivity contribution in [3.63, 3.8) is 0 Å². The molecule has 5 heteroatoms. The molecule has 2 aromatic heterocycles. The van der Waals surface area contributed by atoms with E-state index in [-0.39, 0.29) is 37.6 Å². The molecule has 0 aliphatic heterocycles. The zero-order valence-electron chi connectivity index (χ0n) is 37.2. The monoisotopic (exact) mass is 1000 g/mol. The van der Waals surface area contributed by atoms with Gasteiger partial charge in [0.05, 0.1) is 22.3 Å². The van der Waals surface area contributed by atoms with E-state index < -0.39 is 0 Å². The maximum Gasteiger partial charge on any atom is 0.148 e. The summed E-state index contributed by atoms with van der Waals surface area (Å²) in [5, 5.41) is 12.5. The van der Waals surface area contributed by atoms with E-state index in [0.717, 1.165) is 89.2 Å². The minimum Gasteiger partial charge on any atom is -0.507 e. The number of phenolic OH excluding ortho intramolecular Hbond substituents is 1. The van der Waals surface area contributed by atoms with Gasteiger partial charge < -0.3 is 5.11 Å². The number of phenols is 1. The Morgan fingerprint density at radius 3 is 1.86 bits per heavy atom. The van der Waals surface area contributed by atoms with Gasteiger partial charge in [-0.05, 0) is 82.8 Å². The Kier molecular flexibility index (Phi) is 11.7. The van der Waals surface area contributed by atoms with Gasteiger partial charge in [-0.3, -0.25) is 9.55 Å². The third-order valence-corrected chi connectivity index (χ3v) is 11.9. The Hall–Kier alpha value is -6.35. The number of aryl methyl sites for hydroxylation is 2. The first-order valence-electron chi connectivity index (χ1n) is 21.5. The maximum absolute atomic E-state index is 12.5. The van der Waals surface area contributed by atoms with Crippen LogP contribution >= 0.6 is 0 Å². The largest absolute Gasteiger partial charge is 0.507 e. The van der Waals surface area contributed by atoms with Crippen LogP contribution in [-0.4, -0.2) is 19.6 Å². The van der Waals surface area contributed by atoms with E-state index in [0.29, 0.717) is 11.4 Å². The number of imidazole rings is 1. The molecule has 9 rings (SSSR count). The molecular formula is C58H52N3OPt-. The van der Waals surface area contributed by atoms with E-state index in [1.807, 2.05) is 12.3 Å². The molecule has 0 aliphatic rings. The number of benzene rings is 7. The number of hydrogen-bond acceptors (Lipinski definition) is 3. The van der Waals surface area contributed by atoms with Gasteiger partial charge in [-0.2, -0.15) is 0 Å². The van der Waals surface area contributed by atoms with Crippen LogP contribution < -0.4 is 0 Å². The summed E-state index contributed by atoms with van der Waals surface area (Å²) in [5.41, 5.74) is 17.5. The third-order valence-electron chi connectivity index (χ3n) is 11.9. The first-order chi connectivity index (χ1) is 29.7. The Morgan fingerprint density at radius 2 is 1.17 bits per heavy atom. The molecule has 4 nitrogen and oxygen atoms in total. The number of aromatic nitrogens is 3. The molecule has 316 valence electrons. The van der Waals surface area contributed by atoms with Crippen molar-refractivity contribution in [2.24, 2.45) is 0 Å². The molecule has 7 aromatic carbocycles. The fourth-order valence-electron chi connectivity index (χ4n) is 8.40. The summed E-state index contributed by atoms with van der Waals surface area (Å²) >= 11 is 0. The molecule has 0 spiro atoms. The summed E-state index contributed by atoms with van der Waals surface area (Å²) in [7, 11) is 0. The number of para-hydroxylation sites is 1. The van der Waals surface area contributed by atoms with Gasteiger partial charge in [0.1, 0.15) is 11.6 Å². The first kappa shape index (κ1) is 43.3. The third kappa shape index (κ3) is 8.58. The van der Waals surface area contributed by atoms with E-state index in [9.17, 15) is 5.11 Å². The fraction of sp³-hybridized carbons (Fsp3) is 0.172. The average Bonchev–Trinajstić information content (AvgIpc) is 3.66. The molecule has 0 saturated carbocycles. The van der Waals surface area contributed by atoms with Gasteiger partial charge >= 0.3 is 0 Å². The van der Waals surface area contributed by atoms with Crippen LogP contribution in [-0.2, 0) is 31.9 Å². The number of rotatable bonds is 7. The molecule has 0 atom stereocenters. The summed E-state index contributed by atoms with van der Waals surface area (Å²) in [6.45, 7) is 17.4. The second-order valence-electron chi connectivity index (χ2n) is 18.6. The molecule has 9 aromatic rings. The predicted octanol–water partition coefficient (Wildman–Crippen LogP) is 15.1. The quantitative estimate of drug-likeness (QED) is 0.162. The molecule has 0 radical (unpaired) electrons. The molecule has 0 bridgehead atoms. The minimum absolute atomic E-state index is 0. The predicted molar refractivity (Wildman–Crippen MR) is 259 cm³/mol. The van der Waals surface area contributed by atoms with Crippen molar-refractivity contribution in [3.8, 4) is 78.6 Å².